The number of benzene rings is 2. The summed E-state index contributed by atoms with van der Waals surface area (Å²) in [6.45, 7) is 6.08. The van der Waals surface area contributed by atoms with Crippen molar-refractivity contribution in [1.82, 2.24) is 0 Å². The summed E-state index contributed by atoms with van der Waals surface area (Å²) in [5.74, 6) is 0.0625. The molecule has 0 bridgehead atoms. The molecule has 0 aliphatic heterocycles. The van der Waals surface area contributed by atoms with Crippen LogP contribution in [0.4, 0.5) is 11.4 Å². The molecule has 4 heteroatoms. The van der Waals surface area contributed by atoms with Crippen LogP contribution in [0, 0.1) is 20.8 Å². The minimum atomic E-state index is -1.89. The van der Waals surface area contributed by atoms with Crippen LogP contribution >= 0.6 is 0 Å². The topological polar surface area (TPSA) is 40.5 Å². The first-order chi connectivity index (χ1) is 9.47. The Morgan fingerprint density at radius 2 is 1.60 bits per heavy atom. The minimum Gasteiger partial charge on any atom is -0.326 e. The molecule has 20 heavy (non-hydrogen) atoms. The van der Waals surface area contributed by atoms with Crippen molar-refractivity contribution in [3.05, 3.63) is 59.2 Å². The molecular formula is C16H19NO2S. The molecule has 0 heterocycles. The first-order valence-corrected chi connectivity index (χ1v) is 7.74. The van der Waals surface area contributed by atoms with Gasteiger partial charge in [0.25, 0.3) is 0 Å². The number of hydrogen-bond donors (Lipinski definition) is 1. The van der Waals surface area contributed by atoms with Gasteiger partial charge in [-0.1, -0.05) is 35.4 Å². The lowest BCUT2D eigenvalue weighted by molar-refractivity contribution is 0.564. The standard InChI is InChI=1S/C16H19NO2S/c1-12-4-7-15(8-5-12)17(11-20(18)19)16-9-6-13(2)10-14(16)3/h4-10H,11H2,1-3H3,(H,18,19). The first kappa shape index (κ1) is 14.8. The zero-order valence-corrected chi connectivity index (χ0v) is 12.8. The lowest BCUT2D eigenvalue weighted by atomic mass is 10.1. The Morgan fingerprint density at radius 1 is 1.00 bits per heavy atom. The van der Waals surface area contributed by atoms with Crippen LogP contribution < -0.4 is 4.90 Å². The van der Waals surface area contributed by atoms with Crippen LogP contribution in [0.3, 0.4) is 0 Å². The van der Waals surface area contributed by atoms with Gasteiger partial charge in [0, 0.05) is 11.4 Å². The maximum absolute atomic E-state index is 11.3. The van der Waals surface area contributed by atoms with Crippen molar-refractivity contribution >= 4 is 22.5 Å². The Morgan fingerprint density at radius 3 is 2.15 bits per heavy atom. The highest BCUT2D eigenvalue weighted by atomic mass is 32.2. The zero-order chi connectivity index (χ0) is 14.7. The predicted molar refractivity (Wildman–Crippen MR) is 84.9 cm³/mol. The number of rotatable bonds is 4. The lowest BCUT2D eigenvalue weighted by Crippen LogP contribution is -2.22. The van der Waals surface area contributed by atoms with E-state index in [1.807, 2.05) is 62.1 Å². The van der Waals surface area contributed by atoms with E-state index in [0.717, 1.165) is 16.9 Å². The summed E-state index contributed by atoms with van der Waals surface area (Å²) in [6, 6.07) is 14.1. The quantitative estimate of drug-likeness (QED) is 0.867. The molecule has 0 spiro atoms. The molecule has 0 fully saturated rings. The molecular weight excluding hydrogens is 270 g/mol. The molecule has 0 aliphatic carbocycles. The summed E-state index contributed by atoms with van der Waals surface area (Å²) in [7, 11) is 0. The minimum absolute atomic E-state index is 0.0625. The maximum atomic E-state index is 11.3. The Kier molecular flexibility index (Phi) is 4.57. The molecule has 0 amide bonds. The van der Waals surface area contributed by atoms with Crippen molar-refractivity contribution in [3.8, 4) is 0 Å². The molecule has 2 rings (SSSR count). The van der Waals surface area contributed by atoms with Crippen LogP contribution in [0.1, 0.15) is 16.7 Å². The third-order valence-electron chi connectivity index (χ3n) is 3.23. The van der Waals surface area contributed by atoms with Gasteiger partial charge in [-0.15, -0.1) is 0 Å². The molecule has 0 saturated carbocycles. The van der Waals surface area contributed by atoms with E-state index in [1.54, 1.807) is 0 Å². The van der Waals surface area contributed by atoms with E-state index >= 15 is 0 Å². The van der Waals surface area contributed by atoms with Gasteiger partial charge in [0.1, 0.15) is 5.88 Å². The molecule has 2 aromatic carbocycles. The fourth-order valence-electron chi connectivity index (χ4n) is 2.23. The van der Waals surface area contributed by atoms with Gasteiger partial charge >= 0.3 is 0 Å². The van der Waals surface area contributed by atoms with Crippen molar-refractivity contribution < 1.29 is 8.76 Å². The van der Waals surface area contributed by atoms with E-state index in [-0.39, 0.29) is 5.88 Å². The summed E-state index contributed by atoms with van der Waals surface area (Å²) >= 11 is -1.89. The molecule has 3 nitrogen and oxygen atoms in total. The van der Waals surface area contributed by atoms with Gasteiger partial charge in [-0.25, -0.2) is 4.21 Å². The fourth-order valence-corrected chi connectivity index (χ4v) is 2.74. The van der Waals surface area contributed by atoms with Gasteiger partial charge in [0.15, 0.2) is 11.1 Å². The van der Waals surface area contributed by atoms with Gasteiger partial charge in [0.05, 0.1) is 0 Å². The number of anilines is 2. The second kappa shape index (κ2) is 6.20. The summed E-state index contributed by atoms with van der Waals surface area (Å²) < 4.78 is 20.5. The van der Waals surface area contributed by atoms with E-state index in [9.17, 15) is 8.76 Å². The fraction of sp³-hybridized carbons (Fsp3) is 0.250. The maximum Gasteiger partial charge on any atom is 0.173 e. The SMILES string of the molecule is Cc1ccc(N(CS(=O)O)c2ccc(C)cc2C)cc1. The van der Waals surface area contributed by atoms with E-state index in [1.165, 1.54) is 11.1 Å². The third-order valence-corrected chi connectivity index (χ3v) is 3.71. The average Bonchev–Trinajstić information content (AvgIpc) is 2.37. The van der Waals surface area contributed by atoms with Crippen LogP contribution in [0.2, 0.25) is 0 Å². The largest absolute Gasteiger partial charge is 0.326 e. The van der Waals surface area contributed by atoms with Gasteiger partial charge in [0.2, 0.25) is 0 Å². The molecule has 1 unspecified atom stereocenters. The van der Waals surface area contributed by atoms with Crippen LogP contribution in [0.15, 0.2) is 42.5 Å². The molecule has 1 atom stereocenters. The highest BCUT2D eigenvalue weighted by Crippen LogP contribution is 2.29. The van der Waals surface area contributed by atoms with Crippen LogP contribution in [-0.4, -0.2) is 14.6 Å². The Labute approximate surface area is 122 Å². The zero-order valence-electron chi connectivity index (χ0n) is 12.0. The summed E-state index contributed by atoms with van der Waals surface area (Å²) in [5.41, 5.74) is 5.32. The molecule has 0 saturated heterocycles. The van der Waals surface area contributed by atoms with Crippen molar-refractivity contribution in [2.24, 2.45) is 0 Å². The highest BCUT2D eigenvalue weighted by molar-refractivity contribution is 7.79. The number of aryl methyl sites for hydroxylation is 3. The lowest BCUT2D eigenvalue weighted by Gasteiger charge is -2.25. The van der Waals surface area contributed by atoms with Gasteiger partial charge < -0.3 is 9.45 Å². The van der Waals surface area contributed by atoms with Crippen molar-refractivity contribution in [2.45, 2.75) is 20.8 Å². The number of hydrogen-bond acceptors (Lipinski definition) is 2. The van der Waals surface area contributed by atoms with E-state index in [0.29, 0.717) is 0 Å². The highest BCUT2D eigenvalue weighted by Gasteiger charge is 2.14. The normalized spacial score (nSPS) is 12.2. The Balaban J connectivity index is 2.46. The van der Waals surface area contributed by atoms with Crippen molar-refractivity contribution in [2.75, 3.05) is 10.8 Å². The van der Waals surface area contributed by atoms with E-state index in [4.69, 9.17) is 0 Å². The first-order valence-electron chi connectivity index (χ1n) is 6.46. The summed E-state index contributed by atoms with van der Waals surface area (Å²) in [6.07, 6.45) is 0. The summed E-state index contributed by atoms with van der Waals surface area (Å²) in [4.78, 5) is 1.88. The molecule has 0 radical (unpaired) electrons. The predicted octanol–water partition coefficient (Wildman–Crippen LogP) is 3.93. The van der Waals surface area contributed by atoms with Crippen molar-refractivity contribution in [1.29, 1.82) is 0 Å². The Hall–Kier alpha value is -1.65. The monoisotopic (exact) mass is 289 g/mol. The molecule has 0 aliphatic rings. The average molecular weight is 289 g/mol. The Bertz CT molecular complexity index is 623. The smallest absolute Gasteiger partial charge is 0.173 e. The molecule has 2 aromatic rings. The van der Waals surface area contributed by atoms with Gasteiger partial charge in [-0.3, -0.25) is 0 Å². The second-order valence-electron chi connectivity index (χ2n) is 5.00. The summed E-state index contributed by atoms with van der Waals surface area (Å²) in [5, 5.41) is 0. The van der Waals surface area contributed by atoms with E-state index in [2.05, 4.69) is 6.07 Å². The third kappa shape index (κ3) is 3.46. The van der Waals surface area contributed by atoms with Gasteiger partial charge in [-0.2, -0.15) is 0 Å². The number of nitrogens with zero attached hydrogens (tertiary/aromatic N) is 1. The van der Waals surface area contributed by atoms with E-state index < -0.39 is 11.1 Å². The molecule has 1 N–H and O–H groups in total. The van der Waals surface area contributed by atoms with Gasteiger partial charge in [-0.05, 0) is 44.5 Å². The van der Waals surface area contributed by atoms with Crippen LogP contribution in [-0.2, 0) is 11.1 Å². The molecule has 0 aromatic heterocycles. The van der Waals surface area contributed by atoms with Crippen LogP contribution in [0.5, 0.6) is 0 Å². The molecule has 106 valence electrons. The second-order valence-corrected chi connectivity index (χ2v) is 5.91. The van der Waals surface area contributed by atoms with Crippen LogP contribution in [0.25, 0.3) is 0 Å². The van der Waals surface area contributed by atoms with Crippen molar-refractivity contribution in [3.63, 3.8) is 0 Å².